The number of carbonyl (C=O) groups is 2. The highest BCUT2D eigenvalue weighted by molar-refractivity contribution is 5.94. The third kappa shape index (κ3) is 5.00. The van der Waals surface area contributed by atoms with E-state index in [9.17, 15) is 19.8 Å². The third-order valence-electron chi connectivity index (χ3n) is 8.04. The van der Waals surface area contributed by atoms with E-state index in [2.05, 4.69) is 18.8 Å². The molecule has 6 heteroatoms. The van der Waals surface area contributed by atoms with Crippen LogP contribution in [0.4, 0.5) is 0 Å². The van der Waals surface area contributed by atoms with E-state index in [4.69, 9.17) is 4.74 Å². The molecule has 35 heavy (non-hydrogen) atoms. The van der Waals surface area contributed by atoms with E-state index in [1.807, 2.05) is 49.4 Å². The first-order chi connectivity index (χ1) is 16.7. The normalized spacial score (nSPS) is 38.2. The van der Waals surface area contributed by atoms with Gasteiger partial charge in [-0.15, -0.1) is 0 Å². The van der Waals surface area contributed by atoms with Gasteiger partial charge in [-0.25, -0.2) is 4.79 Å². The summed E-state index contributed by atoms with van der Waals surface area (Å²) in [6.45, 7) is 8.27. The average Bonchev–Trinajstić information content (AvgIpc) is 3.09. The molecule has 8 atom stereocenters. The fourth-order valence-electron chi connectivity index (χ4n) is 6.09. The lowest BCUT2D eigenvalue weighted by atomic mass is 9.59. The molecule has 0 bridgehead atoms. The molecule has 0 unspecified atom stereocenters. The number of aliphatic hydroxyl groups excluding tert-OH is 2. The first-order valence-electron chi connectivity index (χ1n) is 12.7. The topological polar surface area (TPSA) is 95.9 Å². The molecule has 188 valence electrons. The number of ether oxygens (including phenoxy) is 1. The third-order valence-corrected chi connectivity index (χ3v) is 8.04. The van der Waals surface area contributed by atoms with Crippen molar-refractivity contribution in [1.29, 1.82) is 0 Å². The molecule has 0 aromatic heterocycles. The van der Waals surface area contributed by atoms with Crippen LogP contribution in [0.2, 0.25) is 0 Å². The monoisotopic (exact) mass is 479 g/mol. The summed E-state index contributed by atoms with van der Waals surface area (Å²) in [6, 6.07) is 9.59. The molecule has 3 aliphatic rings. The van der Waals surface area contributed by atoms with E-state index in [0.29, 0.717) is 24.3 Å². The van der Waals surface area contributed by atoms with Gasteiger partial charge in [0.25, 0.3) is 5.91 Å². The number of allylic oxidation sites excluding steroid dienone is 1. The summed E-state index contributed by atoms with van der Waals surface area (Å²) in [5, 5.41) is 24.7. The molecule has 1 saturated carbocycles. The van der Waals surface area contributed by atoms with Crippen LogP contribution < -0.4 is 5.32 Å². The Labute approximate surface area is 207 Å². The minimum atomic E-state index is -1.57. The van der Waals surface area contributed by atoms with Gasteiger partial charge in [-0.2, -0.15) is 0 Å². The van der Waals surface area contributed by atoms with Crippen molar-refractivity contribution in [2.24, 2.45) is 23.7 Å². The Morgan fingerprint density at radius 1 is 1.11 bits per heavy atom. The van der Waals surface area contributed by atoms with E-state index < -0.39 is 35.6 Å². The van der Waals surface area contributed by atoms with Gasteiger partial charge in [0.15, 0.2) is 0 Å². The van der Waals surface area contributed by atoms with E-state index in [-0.39, 0.29) is 17.9 Å². The Morgan fingerprint density at radius 3 is 2.60 bits per heavy atom. The summed E-state index contributed by atoms with van der Waals surface area (Å²) in [4.78, 5) is 26.8. The number of nitrogens with one attached hydrogen (secondary N) is 1. The van der Waals surface area contributed by atoms with Crippen LogP contribution in [0.3, 0.4) is 0 Å². The highest BCUT2D eigenvalue weighted by atomic mass is 16.6. The highest BCUT2D eigenvalue weighted by Gasteiger charge is 2.67. The maximum atomic E-state index is 13.7. The minimum Gasteiger partial charge on any atom is -0.445 e. The van der Waals surface area contributed by atoms with Crippen LogP contribution in [0, 0.1) is 23.7 Å². The predicted octanol–water partition coefficient (Wildman–Crippen LogP) is 3.49. The van der Waals surface area contributed by atoms with Crippen molar-refractivity contribution in [3.63, 3.8) is 0 Å². The molecule has 4 rings (SSSR count). The second-order valence-electron chi connectivity index (χ2n) is 10.5. The molecule has 1 aromatic carbocycles. The van der Waals surface area contributed by atoms with E-state index in [0.717, 1.165) is 24.8 Å². The van der Waals surface area contributed by atoms with Gasteiger partial charge in [-0.05, 0) is 48.3 Å². The van der Waals surface area contributed by atoms with Crippen molar-refractivity contribution >= 4 is 11.9 Å². The van der Waals surface area contributed by atoms with Crippen molar-refractivity contribution in [3.05, 3.63) is 72.4 Å². The lowest BCUT2D eigenvalue weighted by molar-refractivity contribution is -0.182. The standard InChI is InChI=1S/C29H37NO5/c1-18-9-7-13-22(31)15-16-25(32)35-29-23(14-8-10-18)27(33)20(3)19(2)26(29)24(30-28(29)34)17-21-11-5-4-6-12-21/h4-6,8,11-12,14-16,18-19,22-24,26-27,31,33H,3,7,9-10,13,17H2,1-2H3,(H,30,34)/t18-,19-,22-,23+,24+,26+,27-,29-/m1/s1. The van der Waals surface area contributed by atoms with Gasteiger partial charge in [-0.1, -0.05) is 75.8 Å². The van der Waals surface area contributed by atoms with Gasteiger partial charge in [0.2, 0.25) is 5.60 Å². The number of aliphatic hydroxyl groups is 2. The van der Waals surface area contributed by atoms with Gasteiger partial charge >= 0.3 is 5.97 Å². The van der Waals surface area contributed by atoms with Crippen molar-refractivity contribution < 1.29 is 24.5 Å². The van der Waals surface area contributed by atoms with E-state index >= 15 is 0 Å². The SMILES string of the molecule is C=C1[C@@H](C)[C@H]2[C@H](Cc3ccccc3)NC(=O)[C@]23OC(=O)C=C[C@H](O)CCC[C@@H](C)CC=C[C@H]3[C@@H]1O. The summed E-state index contributed by atoms with van der Waals surface area (Å²) in [5.41, 5.74) is 0.136. The Balaban J connectivity index is 1.78. The summed E-state index contributed by atoms with van der Waals surface area (Å²) >= 11 is 0. The summed E-state index contributed by atoms with van der Waals surface area (Å²) in [6.07, 6.45) is 8.39. The molecule has 1 spiro atoms. The van der Waals surface area contributed by atoms with Crippen molar-refractivity contribution in [2.75, 3.05) is 0 Å². The van der Waals surface area contributed by atoms with Gasteiger partial charge in [-0.3, -0.25) is 4.79 Å². The number of carbonyl (C=O) groups excluding carboxylic acids is 2. The Kier molecular flexibility index (Phi) is 7.62. The van der Waals surface area contributed by atoms with Crippen molar-refractivity contribution in [3.8, 4) is 0 Å². The van der Waals surface area contributed by atoms with Crippen LogP contribution in [0.5, 0.6) is 0 Å². The molecule has 1 saturated heterocycles. The van der Waals surface area contributed by atoms with Gasteiger partial charge in [0.1, 0.15) is 0 Å². The molecular formula is C29H37NO5. The molecule has 1 amide bonds. The number of rotatable bonds is 2. The number of esters is 1. The number of hydrogen-bond acceptors (Lipinski definition) is 5. The first kappa shape index (κ1) is 25.4. The molecule has 2 heterocycles. The zero-order chi connectivity index (χ0) is 25.2. The van der Waals surface area contributed by atoms with E-state index in [1.165, 1.54) is 12.2 Å². The average molecular weight is 480 g/mol. The zero-order valence-corrected chi connectivity index (χ0v) is 20.6. The largest absolute Gasteiger partial charge is 0.445 e. The predicted molar refractivity (Wildman–Crippen MR) is 134 cm³/mol. The fraction of sp³-hybridized carbons (Fsp3) is 0.517. The zero-order valence-electron chi connectivity index (χ0n) is 20.6. The Hall–Kier alpha value is -2.70. The molecular weight excluding hydrogens is 442 g/mol. The number of amides is 1. The molecule has 1 aliphatic carbocycles. The second-order valence-corrected chi connectivity index (χ2v) is 10.5. The smallest absolute Gasteiger partial charge is 0.331 e. The Morgan fingerprint density at radius 2 is 1.86 bits per heavy atom. The minimum absolute atomic E-state index is 0.262. The molecule has 3 N–H and O–H groups in total. The highest BCUT2D eigenvalue weighted by Crippen LogP contribution is 2.52. The van der Waals surface area contributed by atoms with Crippen LogP contribution in [0.1, 0.15) is 45.1 Å². The first-order valence-corrected chi connectivity index (χ1v) is 12.7. The van der Waals surface area contributed by atoms with Crippen LogP contribution in [-0.2, 0) is 20.7 Å². The fourth-order valence-corrected chi connectivity index (χ4v) is 6.09. The van der Waals surface area contributed by atoms with Crippen molar-refractivity contribution in [1.82, 2.24) is 5.32 Å². The van der Waals surface area contributed by atoms with Crippen LogP contribution in [0.25, 0.3) is 0 Å². The van der Waals surface area contributed by atoms with Crippen LogP contribution in [0.15, 0.2) is 66.8 Å². The molecule has 1 aromatic rings. The molecule has 6 nitrogen and oxygen atoms in total. The lowest BCUT2D eigenvalue weighted by Crippen LogP contribution is -2.61. The number of hydrogen-bond donors (Lipinski definition) is 3. The van der Waals surface area contributed by atoms with Gasteiger partial charge < -0.3 is 20.3 Å². The molecule has 2 aliphatic heterocycles. The molecule has 0 radical (unpaired) electrons. The summed E-state index contributed by atoms with van der Waals surface area (Å²) in [5.74, 6) is -2.13. The maximum absolute atomic E-state index is 13.7. The van der Waals surface area contributed by atoms with Crippen LogP contribution in [-0.4, -0.2) is 45.9 Å². The molecule has 2 fully saturated rings. The van der Waals surface area contributed by atoms with Gasteiger partial charge in [0.05, 0.1) is 18.1 Å². The van der Waals surface area contributed by atoms with Gasteiger partial charge in [0, 0.05) is 18.0 Å². The Bertz CT molecular complexity index is 1000. The quantitative estimate of drug-likeness (QED) is 0.446. The van der Waals surface area contributed by atoms with Crippen LogP contribution >= 0.6 is 0 Å². The second kappa shape index (κ2) is 10.5. The lowest BCUT2D eigenvalue weighted by Gasteiger charge is -2.49. The summed E-state index contributed by atoms with van der Waals surface area (Å²) < 4.78 is 6.05. The van der Waals surface area contributed by atoms with Crippen molar-refractivity contribution in [2.45, 2.75) is 69.8 Å². The van der Waals surface area contributed by atoms with E-state index in [1.54, 1.807) is 0 Å². The number of benzene rings is 1. The maximum Gasteiger partial charge on any atom is 0.331 e. The summed E-state index contributed by atoms with van der Waals surface area (Å²) in [7, 11) is 0.